The third-order valence-corrected chi connectivity index (χ3v) is 2.00. The fourth-order valence-electron chi connectivity index (χ4n) is 0.523. The first-order valence-electron chi connectivity index (χ1n) is 3.01. The summed E-state index contributed by atoms with van der Waals surface area (Å²) >= 11 is 1.22. The van der Waals surface area contributed by atoms with E-state index in [1.807, 2.05) is 0 Å². The second-order valence-corrected chi connectivity index (χ2v) is 2.72. The molecule has 1 rings (SSSR count). The highest BCUT2D eigenvalue weighted by Crippen LogP contribution is 2.13. The fourth-order valence-corrected chi connectivity index (χ4v) is 1.17. The summed E-state index contributed by atoms with van der Waals surface area (Å²) in [5, 5.41) is 13.6. The van der Waals surface area contributed by atoms with E-state index >= 15 is 0 Å². The molecule has 0 spiro atoms. The maximum absolute atomic E-state index is 10.9. The Hall–Kier alpha value is -1.17. The van der Waals surface area contributed by atoms with Crippen molar-refractivity contribution in [1.29, 1.82) is 0 Å². The number of amides is 1. The van der Waals surface area contributed by atoms with Crippen LogP contribution < -0.4 is 10.6 Å². The fraction of sp³-hybridized carbons (Fsp3) is 0.400. The number of hydrogen-bond acceptors (Lipinski definition) is 5. The minimum absolute atomic E-state index is 0.205. The molecule has 0 saturated heterocycles. The smallest absolute Gasteiger partial charge is 0.282 e. The molecule has 5 nitrogen and oxygen atoms in total. The first-order chi connectivity index (χ1) is 5.27. The van der Waals surface area contributed by atoms with Crippen molar-refractivity contribution in [3.63, 3.8) is 0 Å². The number of rotatable bonds is 2. The molecule has 0 radical (unpaired) electrons. The van der Waals surface area contributed by atoms with Crippen molar-refractivity contribution in [2.45, 2.75) is 0 Å². The highest BCUT2D eigenvalue weighted by atomic mass is 32.1. The Kier molecular flexibility index (Phi) is 2.37. The van der Waals surface area contributed by atoms with Gasteiger partial charge in [-0.1, -0.05) is 11.3 Å². The van der Waals surface area contributed by atoms with Gasteiger partial charge in [0.05, 0.1) is 0 Å². The topological polar surface area (TPSA) is 66.9 Å². The molecule has 60 valence electrons. The van der Waals surface area contributed by atoms with Gasteiger partial charge in [0, 0.05) is 14.1 Å². The summed E-state index contributed by atoms with van der Waals surface area (Å²) in [5.41, 5.74) is 0. The molecule has 0 bridgehead atoms. The predicted octanol–water partition coefficient (Wildman–Crippen LogP) is -0.0606. The van der Waals surface area contributed by atoms with Crippen molar-refractivity contribution in [3.8, 4) is 0 Å². The van der Waals surface area contributed by atoms with Crippen molar-refractivity contribution in [2.75, 3.05) is 19.4 Å². The molecule has 0 saturated carbocycles. The summed E-state index contributed by atoms with van der Waals surface area (Å²) in [6, 6.07) is 0. The van der Waals surface area contributed by atoms with Crippen LogP contribution in [0.4, 0.5) is 5.13 Å². The van der Waals surface area contributed by atoms with Crippen LogP contribution in [0.1, 0.15) is 9.80 Å². The van der Waals surface area contributed by atoms with Crippen molar-refractivity contribution in [2.24, 2.45) is 0 Å². The molecule has 0 aromatic carbocycles. The molecular weight excluding hydrogens is 164 g/mol. The van der Waals surface area contributed by atoms with E-state index in [1.54, 1.807) is 14.1 Å². The second kappa shape index (κ2) is 3.29. The minimum atomic E-state index is -0.205. The van der Waals surface area contributed by atoms with Gasteiger partial charge >= 0.3 is 0 Å². The third-order valence-electron chi connectivity index (χ3n) is 1.06. The quantitative estimate of drug-likeness (QED) is 0.655. The number of aromatic nitrogens is 2. The molecule has 11 heavy (non-hydrogen) atoms. The van der Waals surface area contributed by atoms with Crippen LogP contribution in [0.2, 0.25) is 0 Å². The number of nitrogens with zero attached hydrogens (tertiary/aromatic N) is 2. The summed E-state index contributed by atoms with van der Waals surface area (Å²) < 4.78 is 0. The van der Waals surface area contributed by atoms with E-state index in [-0.39, 0.29) is 5.91 Å². The van der Waals surface area contributed by atoms with Gasteiger partial charge in [-0.3, -0.25) is 4.79 Å². The number of anilines is 1. The molecular formula is C5H8N4OS. The Balaban J connectivity index is 2.80. The highest BCUT2D eigenvalue weighted by Gasteiger charge is 2.08. The monoisotopic (exact) mass is 172 g/mol. The van der Waals surface area contributed by atoms with Gasteiger partial charge in [-0.15, -0.1) is 10.2 Å². The van der Waals surface area contributed by atoms with Crippen LogP contribution in [0, 0.1) is 0 Å². The summed E-state index contributed by atoms with van der Waals surface area (Å²) in [7, 11) is 3.29. The molecule has 0 aliphatic rings. The van der Waals surface area contributed by atoms with Crippen LogP contribution in [-0.4, -0.2) is 30.2 Å². The van der Waals surface area contributed by atoms with E-state index in [2.05, 4.69) is 20.8 Å². The lowest BCUT2D eigenvalue weighted by Crippen LogP contribution is -2.17. The van der Waals surface area contributed by atoms with Gasteiger partial charge in [-0.25, -0.2) is 0 Å². The van der Waals surface area contributed by atoms with Gasteiger partial charge in [0.1, 0.15) is 0 Å². The zero-order valence-corrected chi connectivity index (χ0v) is 7.03. The van der Waals surface area contributed by atoms with Gasteiger partial charge in [0.15, 0.2) is 0 Å². The normalized spacial score (nSPS) is 9.27. The minimum Gasteiger partial charge on any atom is -0.363 e. The zero-order valence-electron chi connectivity index (χ0n) is 6.21. The van der Waals surface area contributed by atoms with E-state index in [4.69, 9.17) is 0 Å². The summed E-state index contributed by atoms with van der Waals surface area (Å²) in [6.07, 6.45) is 0. The molecule has 0 fully saturated rings. The first-order valence-corrected chi connectivity index (χ1v) is 3.83. The van der Waals surface area contributed by atoms with Gasteiger partial charge in [0.2, 0.25) is 10.1 Å². The maximum atomic E-state index is 10.9. The average molecular weight is 172 g/mol. The molecule has 0 unspecified atom stereocenters. The van der Waals surface area contributed by atoms with Crippen LogP contribution in [-0.2, 0) is 0 Å². The Morgan fingerprint density at radius 2 is 2.18 bits per heavy atom. The standard InChI is InChI=1S/C5H8N4OS/c1-6-3(10)4-8-9-5(7-2)11-4/h1-2H3,(H,6,10)(H,7,9). The zero-order chi connectivity index (χ0) is 8.27. The molecule has 0 aliphatic carbocycles. The molecule has 0 atom stereocenters. The molecule has 0 aliphatic heterocycles. The molecule has 2 N–H and O–H groups in total. The van der Waals surface area contributed by atoms with E-state index in [1.165, 1.54) is 11.3 Å². The predicted molar refractivity (Wildman–Crippen MR) is 42.8 cm³/mol. The SMILES string of the molecule is CNC(=O)c1nnc(NC)s1. The lowest BCUT2D eigenvalue weighted by molar-refractivity contribution is 0.0962. The van der Waals surface area contributed by atoms with Crippen molar-refractivity contribution in [1.82, 2.24) is 15.5 Å². The van der Waals surface area contributed by atoms with E-state index in [0.717, 1.165) is 0 Å². The van der Waals surface area contributed by atoms with E-state index in [9.17, 15) is 4.79 Å². The third kappa shape index (κ3) is 1.64. The summed E-state index contributed by atoms with van der Waals surface area (Å²) in [5.74, 6) is -0.205. The van der Waals surface area contributed by atoms with E-state index < -0.39 is 0 Å². The van der Waals surface area contributed by atoms with Gasteiger partial charge < -0.3 is 10.6 Å². The van der Waals surface area contributed by atoms with Crippen molar-refractivity contribution >= 4 is 22.4 Å². The lowest BCUT2D eigenvalue weighted by Gasteiger charge is -1.89. The van der Waals surface area contributed by atoms with Crippen molar-refractivity contribution in [3.05, 3.63) is 5.01 Å². The largest absolute Gasteiger partial charge is 0.363 e. The van der Waals surface area contributed by atoms with Gasteiger partial charge in [0.25, 0.3) is 5.91 Å². The molecule has 1 aromatic rings. The Morgan fingerprint density at radius 3 is 2.64 bits per heavy atom. The van der Waals surface area contributed by atoms with Crippen molar-refractivity contribution < 1.29 is 4.79 Å². The Morgan fingerprint density at radius 1 is 1.45 bits per heavy atom. The Bertz CT molecular complexity index is 259. The number of nitrogens with one attached hydrogen (secondary N) is 2. The van der Waals surface area contributed by atoms with Gasteiger partial charge in [-0.2, -0.15) is 0 Å². The van der Waals surface area contributed by atoms with Gasteiger partial charge in [-0.05, 0) is 0 Å². The molecule has 1 heterocycles. The Labute approximate surface area is 67.8 Å². The highest BCUT2D eigenvalue weighted by molar-refractivity contribution is 7.17. The number of carbonyl (C=O) groups excluding carboxylic acids is 1. The lowest BCUT2D eigenvalue weighted by atomic mass is 10.6. The molecule has 1 aromatic heterocycles. The molecule has 6 heteroatoms. The summed E-state index contributed by atoms with van der Waals surface area (Å²) in [6.45, 7) is 0. The number of carbonyl (C=O) groups is 1. The average Bonchev–Trinajstić information content (AvgIpc) is 2.50. The second-order valence-electron chi connectivity index (χ2n) is 1.74. The van der Waals surface area contributed by atoms with Crippen LogP contribution in [0.25, 0.3) is 0 Å². The first kappa shape index (κ1) is 7.93. The van der Waals surface area contributed by atoms with Crippen LogP contribution in [0.5, 0.6) is 0 Å². The van der Waals surface area contributed by atoms with Crippen LogP contribution in [0.3, 0.4) is 0 Å². The summed E-state index contributed by atoms with van der Waals surface area (Å²) in [4.78, 5) is 10.9. The van der Waals surface area contributed by atoms with Crippen LogP contribution >= 0.6 is 11.3 Å². The maximum Gasteiger partial charge on any atom is 0.282 e. The molecule has 1 amide bonds. The van der Waals surface area contributed by atoms with E-state index in [0.29, 0.717) is 10.1 Å². The number of hydrogen-bond donors (Lipinski definition) is 2. The van der Waals surface area contributed by atoms with Crippen LogP contribution in [0.15, 0.2) is 0 Å².